The fraction of sp³-hybridized carbons (Fsp3) is 0.152. The molecule has 0 aromatic heterocycles. The lowest BCUT2D eigenvalue weighted by Gasteiger charge is -2.20. The van der Waals surface area contributed by atoms with Crippen molar-refractivity contribution in [3.63, 3.8) is 0 Å². The van der Waals surface area contributed by atoms with Gasteiger partial charge in [0.25, 0.3) is 0 Å². The van der Waals surface area contributed by atoms with E-state index < -0.39 is 57.4 Å². The smallest absolute Gasteiger partial charge is 0.343 e. The maximum Gasteiger partial charge on any atom is 0.343 e. The number of ether oxygens (including phenoxy) is 2. The van der Waals surface area contributed by atoms with Crippen molar-refractivity contribution in [3.8, 4) is 17.2 Å². The summed E-state index contributed by atoms with van der Waals surface area (Å²) < 4.78 is 11.5. The second-order valence-corrected chi connectivity index (χ2v) is 10.2. The van der Waals surface area contributed by atoms with Crippen LogP contribution in [0.2, 0.25) is 0 Å². The number of benzene rings is 4. The van der Waals surface area contributed by atoms with Crippen LogP contribution in [0.25, 0.3) is 0 Å². The number of unbranched alkanes of at least 4 members (excludes halogenated alkanes) is 2. The average molecular weight is 631 g/mol. The molecule has 9 heteroatoms. The van der Waals surface area contributed by atoms with Crippen molar-refractivity contribution in [1.29, 1.82) is 0 Å². The summed E-state index contributed by atoms with van der Waals surface area (Å²) in [4.78, 5) is 54.6. The van der Waals surface area contributed by atoms with Crippen molar-refractivity contribution in [1.82, 2.24) is 0 Å². The summed E-state index contributed by atoms with van der Waals surface area (Å²) >= 11 is 3.31. The molecule has 0 aliphatic rings. The van der Waals surface area contributed by atoms with Crippen LogP contribution in [-0.4, -0.2) is 40.3 Å². The Morgan fingerprint density at radius 2 is 1.26 bits per heavy atom. The summed E-state index contributed by atoms with van der Waals surface area (Å²) in [6, 6.07) is 21.7. The van der Waals surface area contributed by atoms with Gasteiger partial charge in [0.15, 0.2) is 23.1 Å². The Morgan fingerprint density at radius 1 is 0.667 bits per heavy atom. The Bertz CT molecular complexity index is 1630. The first kappa shape index (κ1) is 30.2. The van der Waals surface area contributed by atoms with Crippen molar-refractivity contribution in [3.05, 3.63) is 123 Å². The standard InChI is InChI=1S/C33H27BrO8/c1-2-3-10-18-41-33(40)24-25(27(35)20-12-6-4-7-13-20)29(37)30(38)31(42-32(39)21-14-8-5-9-15-21)26(24)28(36)22-16-11-17-23(34)19-22/h4-9,11-17,19,37-38H,2-3,10,18H2,1H3. The molecule has 0 bridgehead atoms. The number of hydrogen-bond acceptors (Lipinski definition) is 8. The van der Waals surface area contributed by atoms with Crippen LogP contribution < -0.4 is 4.74 Å². The molecule has 0 saturated carbocycles. The lowest BCUT2D eigenvalue weighted by atomic mass is 9.88. The minimum Gasteiger partial charge on any atom is -0.504 e. The molecule has 0 spiro atoms. The quantitative estimate of drug-likeness (QED) is 0.0603. The van der Waals surface area contributed by atoms with Crippen molar-refractivity contribution < 1.29 is 38.9 Å². The van der Waals surface area contributed by atoms with Crippen molar-refractivity contribution in [2.24, 2.45) is 0 Å². The highest BCUT2D eigenvalue weighted by Crippen LogP contribution is 2.46. The molecule has 0 amide bonds. The van der Waals surface area contributed by atoms with Crippen LogP contribution in [0.3, 0.4) is 0 Å². The van der Waals surface area contributed by atoms with Crippen LogP contribution in [0.4, 0.5) is 0 Å². The van der Waals surface area contributed by atoms with E-state index in [0.717, 1.165) is 12.8 Å². The number of carbonyl (C=O) groups is 4. The minimum atomic E-state index is -1.10. The van der Waals surface area contributed by atoms with Gasteiger partial charge in [-0.15, -0.1) is 0 Å². The van der Waals surface area contributed by atoms with E-state index in [2.05, 4.69) is 15.9 Å². The van der Waals surface area contributed by atoms with Crippen molar-refractivity contribution in [2.45, 2.75) is 26.2 Å². The fourth-order valence-electron chi connectivity index (χ4n) is 4.27. The van der Waals surface area contributed by atoms with E-state index in [1.165, 1.54) is 36.4 Å². The van der Waals surface area contributed by atoms with Gasteiger partial charge in [-0.25, -0.2) is 9.59 Å². The van der Waals surface area contributed by atoms with Gasteiger partial charge >= 0.3 is 11.9 Å². The van der Waals surface area contributed by atoms with Crippen LogP contribution in [0, 0.1) is 0 Å². The molecule has 0 fully saturated rings. The number of phenolic OH excluding ortho intramolecular Hbond substituents is 2. The van der Waals surface area contributed by atoms with Gasteiger partial charge in [-0.05, 0) is 30.7 Å². The Labute approximate surface area is 250 Å². The van der Waals surface area contributed by atoms with E-state index in [9.17, 15) is 29.4 Å². The van der Waals surface area contributed by atoms with E-state index in [1.54, 1.807) is 48.5 Å². The zero-order valence-corrected chi connectivity index (χ0v) is 24.2. The number of ketones is 2. The fourth-order valence-corrected chi connectivity index (χ4v) is 4.66. The lowest BCUT2D eigenvalue weighted by molar-refractivity contribution is 0.0489. The molecule has 0 unspecified atom stereocenters. The molecular weight excluding hydrogens is 604 g/mol. The van der Waals surface area contributed by atoms with E-state index in [-0.39, 0.29) is 23.3 Å². The lowest BCUT2D eigenvalue weighted by Crippen LogP contribution is -2.22. The maximum absolute atomic E-state index is 14.1. The molecule has 2 N–H and O–H groups in total. The molecule has 0 atom stereocenters. The van der Waals surface area contributed by atoms with Crippen LogP contribution in [0.15, 0.2) is 89.4 Å². The largest absolute Gasteiger partial charge is 0.504 e. The second-order valence-electron chi connectivity index (χ2n) is 9.28. The highest BCUT2D eigenvalue weighted by molar-refractivity contribution is 9.10. The molecule has 4 rings (SSSR count). The Morgan fingerprint density at radius 3 is 1.88 bits per heavy atom. The molecular formula is C33H27BrO8. The number of esters is 2. The first-order valence-corrected chi connectivity index (χ1v) is 14.0. The van der Waals surface area contributed by atoms with Crippen LogP contribution in [-0.2, 0) is 4.74 Å². The van der Waals surface area contributed by atoms with E-state index >= 15 is 0 Å². The normalized spacial score (nSPS) is 10.6. The highest BCUT2D eigenvalue weighted by Gasteiger charge is 2.37. The Hall–Kier alpha value is -4.76. The van der Waals surface area contributed by atoms with Crippen molar-refractivity contribution in [2.75, 3.05) is 6.61 Å². The van der Waals surface area contributed by atoms with Crippen LogP contribution in [0.5, 0.6) is 17.2 Å². The van der Waals surface area contributed by atoms with Gasteiger partial charge in [-0.1, -0.05) is 96.4 Å². The topological polar surface area (TPSA) is 127 Å². The third-order valence-corrected chi connectivity index (χ3v) is 6.86. The summed E-state index contributed by atoms with van der Waals surface area (Å²) in [5.41, 5.74) is -1.70. The third kappa shape index (κ3) is 6.58. The number of halogens is 1. The predicted molar refractivity (Wildman–Crippen MR) is 158 cm³/mol. The van der Waals surface area contributed by atoms with E-state index in [1.807, 2.05) is 6.92 Å². The summed E-state index contributed by atoms with van der Waals surface area (Å²) in [5.74, 6) is -6.66. The molecule has 4 aromatic carbocycles. The van der Waals surface area contributed by atoms with Gasteiger partial charge in [-0.2, -0.15) is 0 Å². The molecule has 42 heavy (non-hydrogen) atoms. The van der Waals surface area contributed by atoms with Gasteiger partial charge in [0.2, 0.25) is 5.75 Å². The van der Waals surface area contributed by atoms with Gasteiger partial charge in [0.05, 0.1) is 28.9 Å². The third-order valence-electron chi connectivity index (χ3n) is 6.37. The van der Waals surface area contributed by atoms with Gasteiger partial charge < -0.3 is 19.7 Å². The minimum absolute atomic E-state index is 0.0308. The summed E-state index contributed by atoms with van der Waals surface area (Å²) in [6.45, 7) is 1.94. The monoisotopic (exact) mass is 630 g/mol. The first-order valence-electron chi connectivity index (χ1n) is 13.2. The molecule has 0 saturated heterocycles. The molecule has 0 aliphatic heterocycles. The summed E-state index contributed by atoms with van der Waals surface area (Å²) in [6.07, 6.45) is 2.12. The second kappa shape index (κ2) is 13.7. The summed E-state index contributed by atoms with van der Waals surface area (Å²) in [5, 5.41) is 22.3. The highest BCUT2D eigenvalue weighted by atomic mass is 79.9. The van der Waals surface area contributed by atoms with Gasteiger partial charge in [0.1, 0.15) is 0 Å². The zero-order chi connectivity index (χ0) is 30.2. The summed E-state index contributed by atoms with van der Waals surface area (Å²) in [7, 11) is 0. The van der Waals surface area contributed by atoms with E-state index in [4.69, 9.17) is 9.47 Å². The van der Waals surface area contributed by atoms with Gasteiger partial charge in [-0.3, -0.25) is 9.59 Å². The molecule has 0 radical (unpaired) electrons. The number of aromatic hydroxyl groups is 2. The number of phenols is 2. The molecule has 8 nitrogen and oxygen atoms in total. The van der Waals surface area contributed by atoms with Crippen LogP contribution in [0.1, 0.15) is 78.7 Å². The maximum atomic E-state index is 14.1. The molecule has 4 aromatic rings. The average Bonchev–Trinajstić information content (AvgIpc) is 3.01. The number of rotatable bonds is 11. The predicted octanol–water partition coefficient (Wildman–Crippen LogP) is 6.89. The number of hydrogen-bond donors (Lipinski definition) is 2. The molecule has 214 valence electrons. The van der Waals surface area contributed by atoms with Crippen molar-refractivity contribution >= 4 is 39.4 Å². The zero-order valence-electron chi connectivity index (χ0n) is 22.6. The first-order chi connectivity index (χ1) is 20.2. The number of carbonyl (C=O) groups excluding carboxylic acids is 4. The van der Waals surface area contributed by atoms with E-state index in [0.29, 0.717) is 10.9 Å². The Kier molecular flexibility index (Phi) is 9.88. The van der Waals surface area contributed by atoms with Gasteiger partial charge in [0, 0.05) is 15.6 Å². The molecule has 0 aliphatic carbocycles. The Balaban J connectivity index is 2.01. The van der Waals surface area contributed by atoms with Crippen LogP contribution >= 0.6 is 15.9 Å². The molecule has 0 heterocycles. The SMILES string of the molecule is CCCCCOC(=O)c1c(C(=O)c2ccccc2)c(O)c(O)c(OC(=O)c2ccccc2)c1C(=O)c1cccc(Br)c1.